The number of nitrogens with zero attached hydrogens (tertiary/aromatic N) is 2. The maximum Gasteiger partial charge on any atom is 0.347 e. The van der Waals surface area contributed by atoms with Crippen molar-refractivity contribution in [3.63, 3.8) is 0 Å². The molecule has 1 heterocycles. The minimum Gasteiger partial charge on any atom is -0.402 e. The summed E-state index contributed by atoms with van der Waals surface area (Å²) in [5.41, 5.74) is 3.73. The number of aromatic nitrogens is 2. The SMILES string of the molecule is CCCCCCCCc1ccc(C(=O)Oc2cnc(-c3ccc(CCCC)cc3)cn2)c(F)c1. The van der Waals surface area contributed by atoms with Crippen LogP contribution in [0.4, 0.5) is 4.39 Å². The molecule has 0 fully saturated rings. The molecule has 4 nitrogen and oxygen atoms in total. The van der Waals surface area contributed by atoms with Crippen molar-refractivity contribution in [1.29, 1.82) is 0 Å². The molecule has 0 N–H and O–H groups in total. The van der Waals surface area contributed by atoms with E-state index >= 15 is 0 Å². The lowest BCUT2D eigenvalue weighted by atomic mass is 10.0. The third-order valence-corrected chi connectivity index (χ3v) is 5.97. The summed E-state index contributed by atoms with van der Waals surface area (Å²) in [7, 11) is 0. The molecule has 0 bridgehead atoms. The van der Waals surface area contributed by atoms with Gasteiger partial charge in [-0.1, -0.05) is 82.7 Å². The molecule has 5 heteroatoms. The Labute approximate surface area is 202 Å². The van der Waals surface area contributed by atoms with Gasteiger partial charge in [0.1, 0.15) is 5.82 Å². The Morgan fingerprint density at radius 1 is 0.794 bits per heavy atom. The Morgan fingerprint density at radius 2 is 1.47 bits per heavy atom. The first-order chi connectivity index (χ1) is 16.6. The number of carbonyl (C=O) groups is 1. The van der Waals surface area contributed by atoms with E-state index in [1.54, 1.807) is 12.3 Å². The quantitative estimate of drug-likeness (QED) is 0.192. The van der Waals surface area contributed by atoms with E-state index in [1.807, 2.05) is 12.1 Å². The summed E-state index contributed by atoms with van der Waals surface area (Å²) in [6.07, 6.45) is 14.3. The highest BCUT2D eigenvalue weighted by atomic mass is 19.1. The van der Waals surface area contributed by atoms with Crippen molar-refractivity contribution in [3.8, 4) is 17.1 Å². The molecule has 0 atom stereocenters. The lowest BCUT2D eigenvalue weighted by Gasteiger charge is -2.07. The van der Waals surface area contributed by atoms with Crippen LogP contribution >= 0.6 is 0 Å². The van der Waals surface area contributed by atoms with Crippen molar-refractivity contribution < 1.29 is 13.9 Å². The molecule has 0 aliphatic heterocycles. The zero-order chi connectivity index (χ0) is 24.2. The first kappa shape index (κ1) is 25.5. The Morgan fingerprint density at radius 3 is 2.15 bits per heavy atom. The van der Waals surface area contributed by atoms with Crippen molar-refractivity contribution >= 4 is 5.97 Å². The highest BCUT2D eigenvalue weighted by Gasteiger charge is 2.16. The number of ether oxygens (including phenoxy) is 1. The van der Waals surface area contributed by atoms with E-state index in [1.165, 1.54) is 62.4 Å². The monoisotopic (exact) mass is 462 g/mol. The molecule has 0 saturated heterocycles. The average Bonchev–Trinajstić information content (AvgIpc) is 2.85. The van der Waals surface area contributed by atoms with Crippen molar-refractivity contribution in [1.82, 2.24) is 9.97 Å². The largest absolute Gasteiger partial charge is 0.402 e. The van der Waals surface area contributed by atoms with E-state index in [0.29, 0.717) is 5.69 Å². The van der Waals surface area contributed by atoms with Gasteiger partial charge in [0.25, 0.3) is 0 Å². The van der Waals surface area contributed by atoms with Gasteiger partial charge in [-0.15, -0.1) is 0 Å². The van der Waals surface area contributed by atoms with Crippen molar-refractivity contribution in [2.75, 3.05) is 0 Å². The third-order valence-electron chi connectivity index (χ3n) is 5.97. The van der Waals surface area contributed by atoms with Gasteiger partial charge >= 0.3 is 5.97 Å². The van der Waals surface area contributed by atoms with Crippen LogP contribution in [0.2, 0.25) is 0 Å². The molecule has 0 amide bonds. The van der Waals surface area contributed by atoms with E-state index in [-0.39, 0.29) is 11.4 Å². The fraction of sp³-hybridized carbons (Fsp3) is 0.414. The molecule has 2 aromatic carbocycles. The first-order valence-corrected chi connectivity index (χ1v) is 12.5. The van der Waals surface area contributed by atoms with Gasteiger partial charge in [-0.2, -0.15) is 0 Å². The number of carbonyl (C=O) groups excluding carboxylic acids is 1. The maximum atomic E-state index is 14.5. The third kappa shape index (κ3) is 7.75. The number of hydrogen-bond acceptors (Lipinski definition) is 4. The fourth-order valence-electron chi connectivity index (χ4n) is 3.88. The van der Waals surface area contributed by atoms with Gasteiger partial charge in [-0.25, -0.2) is 19.2 Å². The summed E-state index contributed by atoms with van der Waals surface area (Å²) < 4.78 is 19.8. The minimum absolute atomic E-state index is 0.0453. The standard InChI is InChI=1S/C29H35FN2O2/c1-3-5-7-8-9-10-12-23-15-18-25(26(30)19-23)29(33)34-28-21-31-27(20-32-28)24-16-13-22(14-17-24)11-6-4-2/h13-21H,3-12H2,1-2H3. The van der Waals surface area contributed by atoms with Gasteiger partial charge in [0, 0.05) is 5.56 Å². The van der Waals surface area contributed by atoms with Gasteiger partial charge in [-0.05, 0) is 48.9 Å². The second kappa shape index (κ2) is 13.6. The lowest BCUT2D eigenvalue weighted by Crippen LogP contribution is -2.12. The van der Waals surface area contributed by atoms with Gasteiger partial charge in [0.15, 0.2) is 0 Å². The lowest BCUT2D eigenvalue weighted by molar-refractivity contribution is 0.0722. The number of unbranched alkanes of at least 4 members (excludes halogenated alkanes) is 6. The Hall–Kier alpha value is -3.08. The normalized spacial score (nSPS) is 10.9. The van der Waals surface area contributed by atoms with Crippen molar-refractivity contribution in [2.45, 2.75) is 78.1 Å². The summed E-state index contributed by atoms with van der Waals surface area (Å²) in [5, 5.41) is 0. The van der Waals surface area contributed by atoms with E-state index in [4.69, 9.17) is 4.74 Å². The molecular formula is C29H35FN2O2. The molecule has 0 unspecified atom stereocenters. The second-order valence-corrected chi connectivity index (χ2v) is 8.76. The molecule has 0 saturated carbocycles. The highest BCUT2D eigenvalue weighted by molar-refractivity contribution is 5.91. The molecule has 0 aliphatic rings. The summed E-state index contributed by atoms with van der Waals surface area (Å²) in [6.45, 7) is 4.38. The molecule has 0 radical (unpaired) electrons. The molecule has 3 rings (SSSR count). The molecule has 3 aromatic rings. The number of esters is 1. The van der Waals surface area contributed by atoms with Gasteiger partial charge < -0.3 is 4.74 Å². The molecule has 180 valence electrons. The van der Waals surface area contributed by atoms with Crippen LogP contribution in [-0.2, 0) is 12.8 Å². The van der Waals surface area contributed by atoms with Crippen LogP contribution < -0.4 is 4.74 Å². The van der Waals surface area contributed by atoms with Gasteiger partial charge in [0.05, 0.1) is 23.7 Å². The highest BCUT2D eigenvalue weighted by Crippen LogP contribution is 2.20. The Kier molecular flexibility index (Phi) is 10.2. The van der Waals surface area contributed by atoms with Crippen LogP contribution in [0.1, 0.15) is 86.7 Å². The molecular weight excluding hydrogens is 427 g/mol. The van der Waals surface area contributed by atoms with E-state index < -0.39 is 11.8 Å². The maximum absolute atomic E-state index is 14.5. The molecule has 0 aliphatic carbocycles. The van der Waals surface area contributed by atoms with E-state index in [2.05, 4.69) is 35.9 Å². The van der Waals surface area contributed by atoms with E-state index in [9.17, 15) is 9.18 Å². The Bertz CT molecular complexity index is 1030. The second-order valence-electron chi connectivity index (χ2n) is 8.76. The van der Waals surface area contributed by atoms with Gasteiger partial charge in [-0.3, -0.25) is 0 Å². The molecule has 34 heavy (non-hydrogen) atoms. The predicted octanol–water partition coefficient (Wildman–Crippen LogP) is 7.75. The summed E-state index contributed by atoms with van der Waals surface area (Å²) in [5.74, 6) is -1.30. The minimum atomic E-state index is -0.772. The van der Waals surface area contributed by atoms with Crippen LogP contribution in [0.15, 0.2) is 54.9 Å². The van der Waals surface area contributed by atoms with Crippen LogP contribution in [0.3, 0.4) is 0 Å². The number of aryl methyl sites for hydroxylation is 2. The zero-order valence-corrected chi connectivity index (χ0v) is 20.4. The topological polar surface area (TPSA) is 52.1 Å². The predicted molar refractivity (Wildman–Crippen MR) is 135 cm³/mol. The number of halogens is 1. The smallest absolute Gasteiger partial charge is 0.347 e. The summed E-state index contributed by atoms with van der Waals surface area (Å²) in [6, 6.07) is 12.9. The average molecular weight is 463 g/mol. The van der Waals surface area contributed by atoms with Crippen LogP contribution in [-0.4, -0.2) is 15.9 Å². The Balaban J connectivity index is 1.54. The summed E-state index contributed by atoms with van der Waals surface area (Å²) in [4.78, 5) is 21.0. The van der Waals surface area contributed by atoms with Crippen LogP contribution in [0, 0.1) is 5.82 Å². The zero-order valence-electron chi connectivity index (χ0n) is 20.4. The first-order valence-electron chi connectivity index (χ1n) is 12.5. The van der Waals surface area contributed by atoms with E-state index in [0.717, 1.165) is 36.8 Å². The number of rotatable bonds is 13. The fourth-order valence-corrected chi connectivity index (χ4v) is 3.88. The van der Waals surface area contributed by atoms with Crippen LogP contribution in [0.5, 0.6) is 5.88 Å². The number of hydrogen-bond donors (Lipinski definition) is 0. The number of benzene rings is 2. The summed E-state index contributed by atoms with van der Waals surface area (Å²) >= 11 is 0. The molecule has 1 aromatic heterocycles. The van der Waals surface area contributed by atoms with Crippen molar-refractivity contribution in [2.24, 2.45) is 0 Å². The molecule has 0 spiro atoms. The van der Waals surface area contributed by atoms with Crippen molar-refractivity contribution in [3.05, 3.63) is 77.4 Å². The van der Waals surface area contributed by atoms with Crippen LogP contribution in [0.25, 0.3) is 11.3 Å². The van der Waals surface area contributed by atoms with Gasteiger partial charge in [0.2, 0.25) is 5.88 Å².